The molecule has 1 aromatic rings. The van der Waals surface area contributed by atoms with Gasteiger partial charge in [-0.2, -0.15) is 0 Å². The number of nitrogens with two attached hydrogens (primary N) is 1. The van der Waals surface area contributed by atoms with E-state index in [0.717, 1.165) is 10.7 Å². The zero-order valence-corrected chi connectivity index (χ0v) is 11.6. The van der Waals surface area contributed by atoms with Crippen molar-refractivity contribution in [2.24, 2.45) is 5.73 Å². The highest BCUT2D eigenvalue weighted by Gasteiger charge is 2.27. The van der Waals surface area contributed by atoms with Crippen molar-refractivity contribution in [1.82, 2.24) is 4.98 Å². The fraction of sp³-hybridized carbons (Fsp3) is 0.750. The van der Waals surface area contributed by atoms with Crippen molar-refractivity contribution in [1.29, 1.82) is 0 Å². The number of hydrogen-bond donors (Lipinski definition) is 1. The van der Waals surface area contributed by atoms with Gasteiger partial charge in [-0.15, -0.1) is 11.3 Å². The smallest absolute Gasteiger partial charge is 0.125 e. The van der Waals surface area contributed by atoms with Gasteiger partial charge in [-0.25, -0.2) is 4.98 Å². The molecule has 0 bridgehead atoms. The summed E-state index contributed by atoms with van der Waals surface area (Å²) in [4.78, 5) is 5.86. The number of ether oxygens (including phenoxy) is 1. The molecule has 0 aliphatic rings. The maximum absolute atomic E-state index is 5.75. The maximum atomic E-state index is 5.75. The summed E-state index contributed by atoms with van der Waals surface area (Å²) in [6, 6.07) is 0. The van der Waals surface area contributed by atoms with Crippen LogP contribution < -0.4 is 5.73 Å². The molecule has 0 fully saturated rings. The predicted molar refractivity (Wildman–Crippen MR) is 68.7 cm³/mol. The van der Waals surface area contributed by atoms with Crippen molar-refractivity contribution in [2.45, 2.75) is 52.7 Å². The van der Waals surface area contributed by atoms with Gasteiger partial charge >= 0.3 is 0 Å². The van der Waals surface area contributed by atoms with E-state index in [2.05, 4.69) is 32.7 Å². The molecule has 1 heterocycles. The third-order valence-corrected chi connectivity index (χ3v) is 3.88. The van der Waals surface area contributed by atoms with E-state index in [1.165, 1.54) is 4.88 Å². The highest BCUT2D eigenvalue weighted by molar-refractivity contribution is 7.11. The van der Waals surface area contributed by atoms with Gasteiger partial charge in [0.2, 0.25) is 0 Å². The third-order valence-electron chi connectivity index (χ3n) is 2.48. The Labute approximate surface area is 102 Å². The van der Waals surface area contributed by atoms with Crippen molar-refractivity contribution < 1.29 is 4.74 Å². The lowest BCUT2D eigenvalue weighted by Crippen LogP contribution is -2.21. The SMILES string of the molecule is CCOC(C)(C)c1nc(C(C)C)c(CN)s1. The Morgan fingerprint density at radius 3 is 2.44 bits per heavy atom. The molecule has 0 spiro atoms. The van der Waals surface area contributed by atoms with E-state index in [9.17, 15) is 0 Å². The van der Waals surface area contributed by atoms with Gasteiger partial charge in [0.1, 0.15) is 10.6 Å². The minimum Gasteiger partial charge on any atom is -0.369 e. The summed E-state index contributed by atoms with van der Waals surface area (Å²) in [6.45, 7) is 11.7. The van der Waals surface area contributed by atoms with E-state index in [1.54, 1.807) is 11.3 Å². The zero-order chi connectivity index (χ0) is 12.3. The van der Waals surface area contributed by atoms with Gasteiger partial charge in [0.15, 0.2) is 0 Å². The molecule has 3 nitrogen and oxygen atoms in total. The summed E-state index contributed by atoms with van der Waals surface area (Å²) in [5.41, 5.74) is 6.56. The van der Waals surface area contributed by atoms with Crippen molar-refractivity contribution >= 4 is 11.3 Å². The van der Waals surface area contributed by atoms with E-state index in [4.69, 9.17) is 10.5 Å². The lowest BCUT2D eigenvalue weighted by atomic mass is 10.1. The van der Waals surface area contributed by atoms with Gasteiger partial charge in [-0.1, -0.05) is 13.8 Å². The molecule has 2 N–H and O–H groups in total. The van der Waals surface area contributed by atoms with E-state index >= 15 is 0 Å². The number of thiazole rings is 1. The van der Waals surface area contributed by atoms with Gasteiger partial charge in [0.05, 0.1) is 5.69 Å². The molecule has 1 aromatic heterocycles. The largest absolute Gasteiger partial charge is 0.369 e. The number of hydrogen-bond acceptors (Lipinski definition) is 4. The summed E-state index contributed by atoms with van der Waals surface area (Å²) in [5.74, 6) is 0.418. The average molecular weight is 242 g/mol. The van der Waals surface area contributed by atoms with Gasteiger partial charge in [0.25, 0.3) is 0 Å². The van der Waals surface area contributed by atoms with Crippen molar-refractivity contribution in [3.63, 3.8) is 0 Å². The Morgan fingerprint density at radius 1 is 1.44 bits per heavy atom. The lowest BCUT2D eigenvalue weighted by molar-refractivity contribution is -0.0142. The molecule has 0 aromatic carbocycles. The highest BCUT2D eigenvalue weighted by Crippen LogP contribution is 2.33. The highest BCUT2D eigenvalue weighted by atomic mass is 32.1. The monoisotopic (exact) mass is 242 g/mol. The maximum Gasteiger partial charge on any atom is 0.125 e. The molecule has 0 atom stereocenters. The Hall–Kier alpha value is -0.450. The normalized spacial score (nSPS) is 12.4. The molecule has 0 radical (unpaired) electrons. The Balaban J connectivity index is 3.07. The van der Waals surface area contributed by atoms with Crippen LogP contribution >= 0.6 is 11.3 Å². The van der Waals surface area contributed by atoms with Crippen LogP contribution in [0.15, 0.2) is 0 Å². The molecule has 0 saturated carbocycles. The number of rotatable bonds is 5. The van der Waals surface area contributed by atoms with Gasteiger partial charge in [-0.05, 0) is 26.7 Å². The van der Waals surface area contributed by atoms with Crippen LogP contribution in [-0.4, -0.2) is 11.6 Å². The standard InChI is InChI=1S/C12H22N2OS/c1-6-15-12(4,5)11-14-10(8(2)3)9(7-13)16-11/h8H,6-7,13H2,1-5H3. The van der Waals surface area contributed by atoms with Crippen LogP contribution in [0.25, 0.3) is 0 Å². The first-order chi connectivity index (χ1) is 7.42. The van der Waals surface area contributed by atoms with Gasteiger partial charge < -0.3 is 10.5 Å². The average Bonchev–Trinajstić information content (AvgIpc) is 2.61. The third kappa shape index (κ3) is 2.81. The van der Waals surface area contributed by atoms with Crippen LogP contribution in [0.2, 0.25) is 0 Å². The first-order valence-corrected chi connectivity index (χ1v) is 6.58. The van der Waals surface area contributed by atoms with Crippen LogP contribution in [0.4, 0.5) is 0 Å². The minimum absolute atomic E-state index is 0.309. The van der Waals surface area contributed by atoms with Crippen LogP contribution in [0, 0.1) is 0 Å². The van der Waals surface area contributed by atoms with Crippen LogP contribution in [0.5, 0.6) is 0 Å². The molecule has 1 rings (SSSR count). The summed E-state index contributed by atoms with van der Waals surface area (Å²) in [6.07, 6.45) is 0. The minimum atomic E-state index is -0.309. The predicted octanol–water partition coefficient (Wildman–Crippen LogP) is 3.00. The zero-order valence-electron chi connectivity index (χ0n) is 10.8. The van der Waals surface area contributed by atoms with Crippen LogP contribution in [0.3, 0.4) is 0 Å². The molecule has 0 amide bonds. The van der Waals surface area contributed by atoms with E-state index < -0.39 is 0 Å². The summed E-state index contributed by atoms with van der Waals surface area (Å²) < 4.78 is 5.72. The second-order valence-electron chi connectivity index (χ2n) is 4.63. The molecular formula is C12H22N2OS. The van der Waals surface area contributed by atoms with Crippen molar-refractivity contribution in [2.75, 3.05) is 6.61 Å². The molecule has 0 saturated heterocycles. The van der Waals surface area contributed by atoms with Crippen molar-refractivity contribution in [3.05, 3.63) is 15.6 Å². The summed E-state index contributed by atoms with van der Waals surface area (Å²) in [7, 11) is 0. The fourth-order valence-electron chi connectivity index (χ4n) is 1.64. The Morgan fingerprint density at radius 2 is 2.06 bits per heavy atom. The van der Waals surface area contributed by atoms with Crippen LogP contribution in [0.1, 0.15) is 56.1 Å². The molecule has 4 heteroatoms. The van der Waals surface area contributed by atoms with Gasteiger partial charge in [-0.3, -0.25) is 0 Å². The molecule has 0 unspecified atom stereocenters. The van der Waals surface area contributed by atoms with Crippen LogP contribution in [-0.2, 0) is 16.9 Å². The Bertz CT molecular complexity index is 345. The molecule has 92 valence electrons. The molecule has 16 heavy (non-hydrogen) atoms. The molecular weight excluding hydrogens is 220 g/mol. The fourth-order valence-corrected chi connectivity index (χ4v) is 2.79. The Kier molecular flexibility index (Phi) is 4.47. The molecule has 0 aliphatic heterocycles. The first kappa shape index (κ1) is 13.6. The second kappa shape index (κ2) is 5.25. The number of nitrogens with zero attached hydrogens (tertiary/aromatic N) is 1. The quantitative estimate of drug-likeness (QED) is 0.863. The molecule has 0 aliphatic carbocycles. The second-order valence-corrected chi connectivity index (χ2v) is 5.71. The van der Waals surface area contributed by atoms with E-state index in [1.807, 2.05) is 6.92 Å². The summed E-state index contributed by atoms with van der Waals surface area (Å²) in [5, 5.41) is 1.03. The number of aromatic nitrogens is 1. The lowest BCUT2D eigenvalue weighted by Gasteiger charge is -2.21. The first-order valence-electron chi connectivity index (χ1n) is 5.76. The topological polar surface area (TPSA) is 48.1 Å². The van der Waals surface area contributed by atoms with Gasteiger partial charge in [0, 0.05) is 18.0 Å². The summed E-state index contributed by atoms with van der Waals surface area (Å²) >= 11 is 1.67. The van der Waals surface area contributed by atoms with E-state index in [-0.39, 0.29) is 5.60 Å². The van der Waals surface area contributed by atoms with E-state index in [0.29, 0.717) is 19.1 Å². The van der Waals surface area contributed by atoms with Crippen molar-refractivity contribution in [3.8, 4) is 0 Å².